The third-order valence-electron chi connectivity index (χ3n) is 5.28. The van der Waals surface area contributed by atoms with Crippen LogP contribution in [0.5, 0.6) is 5.88 Å². The molecule has 7 heteroatoms. The van der Waals surface area contributed by atoms with Gasteiger partial charge in [0.05, 0.1) is 24.1 Å². The Morgan fingerprint density at radius 1 is 1.23 bits per heavy atom. The first-order valence-electron chi connectivity index (χ1n) is 9.04. The lowest BCUT2D eigenvalue weighted by Gasteiger charge is -2.34. The Kier molecular flexibility index (Phi) is 4.86. The zero-order valence-electron chi connectivity index (χ0n) is 14.7. The number of ether oxygens (including phenoxy) is 2. The van der Waals surface area contributed by atoms with Crippen molar-refractivity contribution in [3.63, 3.8) is 0 Å². The molecule has 2 N–H and O–H groups in total. The van der Waals surface area contributed by atoms with E-state index in [0.717, 1.165) is 36.1 Å². The molecule has 1 saturated heterocycles. The van der Waals surface area contributed by atoms with Crippen LogP contribution in [0.15, 0.2) is 24.3 Å². The average Bonchev–Trinajstić information content (AvgIpc) is 3.23. The van der Waals surface area contributed by atoms with Gasteiger partial charge in [-0.25, -0.2) is 4.39 Å². The average molecular weight is 378 g/mol. The van der Waals surface area contributed by atoms with Crippen LogP contribution in [0.1, 0.15) is 55.0 Å². The fraction of sp³-hybridized carbons (Fsp3) is 0.526. The number of halogens is 1. The summed E-state index contributed by atoms with van der Waals surface area (Å²) in [7, 11) is 0. The number of aromatic nitrogens is 1. The Morgan fingerprint density at radius 3 is 2.54 bits per heavy atom. The minimum atomic E-state index is -0.394. The van der Waals surface area contributed by atoms with Crippen LogP contribution in [-0.2, 0) is 9.47 Å². The number of nitrogens with zero attached hydrogens (tertiary/aromatic N) is 1. The molecule has 1 spiro atoms. The lowest BCUT2D eigenvalue weighted by molar-refractivity contribution is -0.178. The first-order chi connectivity index (χ1) is 12.5. The minimum absolute atomic E-state index is 0.0242. The molecule has 1 aliphatic heterocycles. The smallest absolute Gasteiger partial charge is 0.227 e. The Labute approximate surface area is 156 Å². The second-order valence-corrected chi connectivity index (χ2v) is 8.04. The first-order valence-corrected chi connectivity index (χ1v) is 9.86. The third kappa shape index (κ3) is 3.56. The predicted molar refractivity (Wildman–Crippen MR) is 98.1 cm³/mol. The van der Waals surface area contributed by atoms with E-state index >= 15 is 0 Å². The van der Waals surface area contributed by atoms with E-state index in [9.17, 15) is 9.50 Å². The van der Waals surface area contributed by atoms with E-state index in [1.807, 2.05) is 6.92 Å². The zero-order chi connectivity index (χ0) is 18.1. The summed E-state index contributed by atoms with van der Waals surface area (Å²) < 4.78 is 24.6. The summed E-state index contributed by atoms with van der Waals surface area (Å²) in [6.07, 6.45) is 3.54. The summed E-state index contributed by atoms with van der Waals surface area (Å²) in [4.78, 5) is 5.21. The first kappa shape index (κ1) is 17.7. The molecular weight excluding hydrogens is 355 g/mol. The molecule has 1 aromatic heterocycles. The van der Waals surface area contributed by atoms with E-state index in [1.165, 1.54) is 23.5 Å². The fourth-order valence-corrected chi connectivity index (χ4v) is 4.89. The fourth-order valence-electron chi connectivity index (χ4n) is 3.78. The molecule has 140 valence electrons. The third-order valence-corrected chi connectivity index (χ3v) is 6.41. The molecule has 5 nitrogen and oxygen atoms in total. The van der Waals surface area contributed by atoms with Crippen LogP contribution in [-0.4, -0.2) is 29.1 Å². The largest absolute Gasteiger partial charge is 0.492 e. The van der Waals surface area contributed by atoms with Gasteiger partial charge in [-0.2, -0.15) is 4.98 Å². The van der Waals surface area contributed by atoms with Gasteiger partial charge in [-0.15, -0.1) is 0 Å². The summed E-state index contributed by atoms with van der Waals surface area (Å²) in [5, 5.41) is 14.3. The predicted octanol–water partition coefficient (Wildman–Crippen LogP) is 4.56. The van der Waals surface area contributed by atoms with Crippen LogP contribution in [0.25, 0.3) is 0 Å². The zero-order valence-corrected chi connectivity index (χ0v) is 15.5. The normalized spacial score (nSPS) is 21.2. The van der Waals surface area contributed by atoms with Gasteiger partial charge in [0, 0.05) is 12.8 Å². The van der Waals surface area contributed by atoms with Crippen molar-refractivity contribution in [3.8, 4) is 5.88 Å². The number of aromatic hydroxyl groups is 1. The van der Waals surface area contributed by atoms with E-state index in [0.29, 0.717) is 18.3 Å². The van der Waals surface area contributed by atoms with Gasteiger partial charge in [0.2, 0.25) is 5.88 Å². The second-order valence-electron chi connectivity index (χ2n) is 7.01. The van der Waals surface area contributed by atoms with Crippen LogP contribution in [0.2, 0.25) is 0 Å². The van der Waals surface area contributed by atoms with Crippen molar-refractivity contribution in [1.82, 2.24) is 4.98 Å². The molecule has 1 aliphatic carbocycles. The van der Waals surface area contributed by atoms with E-state index < -0.39 is 5.79 Å². The molecule has 0 bridgehead atoms. The lowest BCUT2D eigenvalue weighted by Crippen LogP contribution is -2.34. The molecule has 1 saturated carbocycles. The van der Waals surface area contributed by atoms with E-state index in [2.05, 4.69) is 10.3 Å². The molecular formula is C19H23FN2O3S. The van der Waals surface area contributed by atoms with Gasteiger partial charge in [-0.1, -0.05) is 23.5 Å². The Bertz CT molecular complexity index is 749. The highest BCUT2D eigenvalue weighted by Gasteiger charge is 2.41. The van der Waals surface area contributed by atoms with Gasteiger partial charge in [0.1, 0.15) is 5.82 Å². The number of nitrogens with one attached hydrogen (secondary N) is 1. The topological polar surface area (TPSA) is 63.6 Å². The van der Waals surface area contributed by atoms with Crippen LogP contribution < -0.4 is 5.32 Å². The Hall–Kier alpha value is -1.70. The highest BCUT2D eigenvalue weighted by Crippen LogP contribution is 2.47. The second kappa shape index (κ2) is 7.13. The van der Waals surface area contributed by atoms with E-state index in [4.69, 9.17) is 9.47 Å². The van der Waals surface area contributed by atoms with Crippen LogP contribution in [0.3, 0.4) is 0 Å². The number of hydrogen-bond acceptors (Lipinski definition) is 6. The molecule has 2 heterocycles. The highest BCUT2D eigenvalue weighted by molar-refractivity contribution is 7.16. The number of anilines is 1. The molecule has 0 amide bonds. The van der Waals surface area contributed by atoms with Crippen molar-refractivity contribution in [1.29, 1.82) is 0 Å². The Morgan fingerprint density at radius 2 is 1.88 bits per heavy atom. The number of rotatable bonds is 4. The molecule has 2 aromatic rings. The minimum Gasteiger partial charge on any atom is -0.492 e. The van der Waals surface area contributed by atoms with Crippen LogP contribution >= 0.6 is 11.3 Å². The van der Waals surface area contributed by atoms with Gasteiger partial charge in [-0.05, 0) is 43.4 Å². The van der Waals surface area contributed by atoms with E-state index in [1.54, 1.807) is 12.1 Å². The number of benzene rings is 1. The molecule has 1 aromatic carbocycles. The lowest BCUT2D eigenvalue weighted by atomic mass is 9.84. The SMILES string of the molecule is C[C@H](Nc1nc(O)c(C2CCC3(CC2)OCCO3)s1)c1ccc(F)cc1. The maximum Gasteiger partial charge on any atom is 0.227 e. The molecule has 0 radical (unpaired) electrons. The standard InChI is InChI=1S/C19H23FN2O3S/c1-12(13-2-4-15(20)5-3-13)21-18-22-17(23)16(26-18)14-6-8-19(9-7-14)24-10-11-25-19/h2-5,12,14,23H,6-11H2,1H3,(H,21,22)/t12-/m0/s1. The summed E-state index contributed by atoms with van der Waals surface area (Å²) in [6.45, 7) is 3.34. The monoisotopic (exact) mass is 378 g/mol. The number of thiazole rings is 1. The van der Waals surface area contributed by atoms with Crippen molar-refractivity contribution in [2.24, 2.45) is 0 Å². The van der Waals surface area contributed by atoms with Gasteiger partial charge in [-0.3, -0.25) is 0 Å². The van der Waals surface area contributed by atoms with Crippen molar-refractivity contribution in [2.45, 2.75) is 50.4 Å². The maximum absolute atomic E-state index is 13.1. The molecule has 1 atom stereocenters. The summed E-state index contributed by atoms with van der Waals surface area (Å²) in [5.41, 5.74) is 0.970. The van der Waals surface area contributed by atoms with E-state index in [-0.39, 0.29) is 23.7 Å². The molecule has 2 fully saturated rings. The van der Waals surface area contributed by atoms with Gasteiger partial charge >= 0.3 is 0 Å². The maximum atomic E-state index is 13.1. The van der Waals surface area contributed by atoms with Gasteiger partial charge in [0.25, 0.3) is 0 Å². The molecule has 4 rings (SSSR count). The molecule has 26 heavy (non-hydrogen) atoms. The summed E-state index contributed by atoms with van der Waals surface area (Å²) in [6, 6.07) is 6.38. The Balaban J connectivity index is 1.42. The molecule has 2 aliphatic rings. The summed E-state index contributed by atoms with van der Waals surface area (Å²) in [5.74, 6) is -0.254. The van der Waals surface area contributed by atoms with Crippen molar-refractivity contribution in [3.05, 3.63) is 40.5 Å². The van der Waals surface area contributed by atoms with Crippen molar-refractivity contribution < 1.29 is 19.0 Å². The summed E-state index contributed by atoms with van der Waals surface area (Å²) >= 11 is 1.50. The van der Waals surface area contributed by atoms with Crippen LogP contribution in [0, 0.1) is 5.82 Å². The van der Waals surface area contributed by atoms with Gasteiger partial charge < -0.3 is 19.9 Å². The van der Waals surface area contributed by atoms with Gasteiger partial charge in [0.15, 0.2) is 10.9 Å². The molecule has 0 unspecified atom stereocenters. The van der Waals surface area contributed by atoms with Crippen molar-refractivity contribution >= 4 is 16.5 Å². The van der Waals surface area contributed by atoms with Crippen LogP contribution in [0.4, 0.5) is 9.52 Å². The number of hydrogen-bond donors (Lipinski definition) is 2. The highest BCUT2D eigenvalue weighted by atomic mass is 32.1. The van der Waals surface area contributed by atoms with Crippen molar-refractivity contribution in [2.75, 3.05) is 18.5 Å². The quantitative estimate of drug-likeness (QED) is 0.816.